The van der Waals surface area contributed by atoms with Gasteiger partial charge in [0.05, 0.1) is 12.7 Å². The summed E-state index contributed by atoms with van der Waals surface area (Å²) in [6.07, 6.45) is 0. The molecule has 3 nitrogen and oxygen atoms in total. The highest BCUT2D eigenvalue weighted by atomic mass is 28.4. The van der Waals surface area contributed by atoms with E-state index in [1.165, 1.54) is 7.11 Å². The Morgan fingerprint density at radius 2 is 1.56 bits per heavy atom. The summed E-state index contributed by atoms with van der Waals surface area (Å²) in [5, 5.41) is 0.152. The summed E-state index contributed by atoms with van der Waals surface area (Å²) in [5.41, 5.74) is 6.05. The van der Waals surface area contributed by atoms with Crippen LogP contribution in [0.1, 0.15) is 47.8 Å². The Labute approximate surface area is 164 Å². The maximum atomic E-state index is 12.1. The summed E-state index contributed by atoms with van der Waals surface area (Å²) in [4.78, 5) is 12.1. The van der Waals surface area contributed by atoms with Crippen molar-refractivity contribution in [2.75, 3.05) is 7.11 Å². The first-order chi connectivity index (χ1) is 12.4. The van der Waals surface area contributed by atoms with Crippen LogP contribution in [0.2, 0.25) is 18.1 Å². The SMILES string of the molecule is COC(=O)c1cccc(-c2c(C)cc(O[Si](C)(C)C(C)(C)C)cc2C)c1C. The van der Waals surface area contributed by atoms with Crippen LogP contribution < -0.4 is 4.43 Å². The zero-order valence-electron chi connectivity index (χ0n) is 18.1. The zero-order valence-corrected chi connectivity index (χ0v) is 19.1. The van der Waals surface area contributed by atoms with Crippen LogP contribution in [0.15, 0.2) is 30.3 Å². The Hall–Kier alpha value is -2.07. The minimum absolute atomic E-state index is 0.152. The number of esters is 1. The third-order valence-electron chi connectivity index (χ3n) is 5.69. The van der Waals surface area contributed by atoms with Crippen molar-refractivity contribution < 1.29 is 14.0 Å². The van der Waals surface area contributed by atoms with Crippen molar-refractivity contribution in [3.63, 3.8) is 0 Å². The Morgan fingerprint density at radius 3 is 2.04 bits per heavy atom. The fourth-order valence-electron chi connectivity index (χ4n) is 3.09. The van der Waals surface area contributed by atoms with Gasteiger partial charge in [-0.3, -0.25) is 0 Å². The molecular formula is C23H32O3Si. The summed E-state index contributed by atoms with van der Waals surface area (Å²) >= 11 is 0. The van der Waals surface area contributed by atoms with Gasteiger partial charge in [-0.05, 0) is 84.9 Å². The maximum absolute atomic E-state index is 12.1. The molecule has 0 fully saturated rings. The van der Waals surface area contributed by atoms with Crippen molar-refractivity contribution in [2.24, 2.45) is 0 Å². The molecule has 0 radical (unpaired) electrons. The second-order valence-electron chi connectivity index (χ2n) is 8.76. The molecule has 0 spiro atoms. The van der Waals surface area contributed by atoms with Crippen molar-refractivity contribution in [3.05, 3.63) is 52.6 Å². The van der Waals surface area contributed by atoms with E-state index in [1.54, 1.807) is 0 Å². The van der Waals surface area contributed by atoms with Gasteiger partial charge in [0.1, 0.15) is 5.75 Å². The molecule has 146 valence electrons. The number of methoxy groups -OCH3 is 1. The molecule has 0 amide bonds. The second kappa shape index (κ2) is 7.51. The van der Waals surface area contributed by atoms with Gasteiger partial charge in [0, 0.05) is 0 Å². The molecule has 0 aromatic heterocycles. The molecular weight excluding hydrogens is 352 g/mol. The number of ether oxygens (including phenoxy) is 1. The second-order valence-corrected chi connectivity index (χ2v) is 13.5. The van der Waals surface area contributed by atoms with Gasteiger partial charge in [-0.2, -0.15) is 0 Å². The van der Waals surface area contributed by atoms with Gasteiger partial charge in [-0.1, -0.05) is 32.9 Å². The molecule has 2 rings (SSSR count). The Morgan fingerprint density at radius 1 is 1.00 bits per heavy atom. The van der Waals surface area contributed by atoms with Crippen molar-refractivity contribution in [1.82, 2.24) is 0 Å². The summed E-state index contributed by atoms with van der Waals surface area (Å²) < 4.78 is 11.4. The molecule has 0 aliphatic carbocycles. The van der Waals surface area contributed by atoms with Gasteiger partial charge < -0.3 is 9.16 Å². The lowest BCUT2D eigenvalue weighted by molar-refractivity contribution is 0.0600. The fourth-order valence-corrected chi connectivity index (χ4v) is 4.11. The van der Waals surface area contributed by atoms with Gasteiger partial charge in [0.2, 0.25) is 8.32 Å². The van der Waals surface area contributed by atoms with Gasteiger partial charge >= 0.3 is 5.97 Å². The molecule has 0 unspecified atom stereocenters. The summed E-state index contributed by atoms with van der Waals surface area (Å²) in [5.74, 6) is 0.629. The molecule has 0 saturated heterocycles. The molecule has 2 aromatic rings. The zero-order chi connectivity index (χ0) is 20.6. The molecule has 0 bridgehead atoms. The summed E-state index contributed by atoms with van der Waals surface area (Å²) in [6.45, 7) is 17.4. The highest BCUT2D eigenvalue weighted by Gasteiger charge is 2.39. The normalized spacial score (nSPS) is 12.0. The average Bonchev–Trinajstić information content (AvgIpc) is 2.53. The molecule has 0 atom stereocenters. The third-order valence-corrected chi connectivity index (χ3v) is 10.1. The van der Waals surface area contributed by atoms with Crippen LogP contribution in [0.4, 0.5) is 0 Å². The van der Waals surface area contributed by atoms with E-state index >= 15 is 0 Å². The minimum atomic E-state index is -1.89. The van der Waals surface area contributed by atoms with Crippen molar-refractivity contribution >= 4 is 14.3 Å². The van der Waals surface area contributed by atoms with Gasteiger partial charge in [0.15, 0.2) is 0 Å². The van der Waals surface area contributed by atoms with Crippen LogP contribution in [-0.4, -0.2) is 21.4 Å². The smallest absolute Gasteiger partial charge is 0.338 e. The lowest BCUT2D eigenvalue weighted by Crippen LogP contribution is -2.43. The van der Waals surface area contributed by atoms with E-state index in [2.05, 4.69) is 65.9 Å². The van der Waals surface area contributed by atoms with E-state index in [4.69, 9.17) is 9.16 Å². The van der Waals surface area contributed by atoms with Gasteiger partial charge in [0.25, 0.3) is 0 Å². The van der Waals surface area contributed by atoms with Crippen LogP contribution >= 0.6 is 0 Å². The molecule has 27 heavy (non-hydrogen) atoms. The molecule has 2 aromatic carbocycles. The van der Waals surface area contributed by atoms with Crippen LogP contribution in [0, 0.1) is 20.8 Å². The monoisotopic (exact) mass is 384 g/mol. The minimum Gasteiger partial charge on any atom is -0.543 e. The summed E-state index contributed by atoms with van der Waals surface area (Å²) in [6, 6.07) is 10.0. The first kappa shape index (κ1) is 21.2. The van der Waals surface area contributed by atoms with Gasteiger partial charge in [-0.25, -0.2) is 4.79 Å². The first-order valence-electron chi connectivity index (χ1n) is 9.37. The number of carbonyl (C=O) groups is 1. The third kappa shape index (κ3) is 4.27. The number of hydrogen-bond acceptors (Lipinski definition) is 3. The standard InChI is InChI=1S/C23H32O3Si/c1-15-13-18(26-27(8,9)23(4,5)6)14-16(2)21(15)19-11-10-12-20(17(19)3)22(24)25-7/h10-14H,1-9H3. The largest absolute Gasteiger partial charge is 0.543 e. The Kier molecular flexibility index (Phi) is 5.90. The molecule has 4 heteroatoms. The number of aryl methyl sites for hydroxylation is 2. The van der Waals surface area contributed by atoms with E-state index < -0.39 is 8.32 Å². The average molecular weight is 385 g/mol. The number of carbonyl (C=O) groups excluding carboxylic acids is 1. The Bertz CT molecular complexity index is 837. The summed E-state index contributed by atoms with van der Waals surface area (Å²) in [7, 11) is -0.475. The van der Waals surface area contributed by atoms with Crippen molar-refractivity contribution in [1.29, 1.82) is 0 Å². The topological polar surface area (TPSA) is 35.5 Å². The van der Waals surface area contributed by atoms with E-state index in [9.17, 15) is 4.79 Å². The van der Waals surface area contributed by atoms with Crippen molar-refractivity contribution in [2.45, 2.75) is 59.7 Å². The van der Waals surface area contributed by atoms with Crippen LogP contribution in [0.3, 0.4) is 0 Å². The van der Waals surface area contributed by atoms with E-state index in [1.807, 2.05) is 19.1 Å². The van der Waals surface area contributed by atoms with E-state index in [0.717, 1.165) is 33.6 Å². The lowest BCUT2D eigenvalue weighted by Gasteiger charge is -2.36. The number of benzene rings is 2. The predicted molar refractivity (Wildman–Crippen MR) is 115 cm³/mol. The Balaban J connectivity index is 2.52. The molecule has 0 aliphatic rings. The first-order valence-corrected chi connectivity index (χ1v) is 12.3. The van der Waals surface area contributed by atoms with E-state index in [0.29, 0.717) is 5.56 Å². The maximum Gasteiger partial charge on any atom is 0.338 e. The van der Waals surface area contributed by atoms with Crippen molar-refractivity contribution in [3.8, 4) is 16.9 Å². The van der Waals surface area contributed by atoms with Crippen LogP contribution in [0.25, 0.3) is 11.1 Å². The van der Waals surface area contributed by atoms with E-state index in [-0.39, 0.29) is 11.0 Å². The lowest BCUT2D eigenvalue weighted by atomic mass is 9.90. The molecule has 0 saturated carbocycles. The highest BCUT2D eigenvalue weighted by Crippen LogP contribution is 2.39. The predicted octanol–water partition coefficient (Wildman–Crippen LogP) is 6.45. The number of rotatable bonds is 4. The molecule has 0 N–H and O–H groups in total. The molecule has 0 aliphatic heterocycles. The van der Waals surface area contributed by atoms with Gasteiger partial charge in [-0.15, -0.1) is 0 Å². The fraction of sp³-hybridized carbons (Fsp3) is 0.435. The highest BCUT2D eigenvalue weighted by molar-refractivity contribution is 6.74. The number of hydrogen-bond donors (Lipinski definition) is 0. The van der Waals surface area contributed by atoms with Crippen LogP contribution in [0.5, 0.6) is 5.75 Å². The quantitative estimate of drug-likeness (QED) is 0.449. The van der Waals surface area contributed by atoms with Crippen LogP contribution in [-0.2, 0) is 4.74 Å². The molecule has 0 heterocycles.